The summed E-state index contributed by atoms with van der Waals surface area (Å²) in [5.41, 5.74) is 10.2. The van der Waals surface area contributed by atoms with Crippen LogP contribution in [0.4, 0.5) is 0 Å². The first-order valence-corrected chi connectivity index (χ1v) is 10.3. The first kappa shape index (κ1) is 22.3. The number of hydrogen-bond acceptors (Lipinski definition) is 9. The number of carboxylic acids is 1. The highest BCUT2D eigenvalue weighted by atomic mass is 16.6. The number of hydrogen-bond donors (Lipinski definition) is 6. The highest BCUT2D eigenvalue weighted by Crippen LogP contribution is 2.63. The lowest BCUT2D eigenvalue weighted by Crippen LogP contribution is -2.64. The number of amides is 2. The van der Waals surface area contributed by atoms with Crippen molar-refractivity contribution in [1.29, 1.82) is 0 Å². The molecule has 0 spiro atoms. The van der Waals surface area contributed by atoms with Crippen molar-refractivity contribution >= 4 is 24.5 Å². The minimum absolute atomic E-state index is 0.0596. The smallest absolute Gasteiger partial charge is 0.434 e. The second-order valence-corrected chi connectivity index (χ2v) is 9.05. The molecule has 1 saturated carbocycles. The third-order valence-corrected chi connectivity index (χ3v) is 6.16. The van der Waals surface area contributed by atoms with E-state index >= 15 is 0 Å². The Hall–Kier alpha value is -2.87. The molecular formula is C19H26BN4O8-. The maximum atomic E-state index is 12.1. The van der Waals surface area contributed by atoms with Crippen molar-refractivity contribution < 1.29 is 38.9 Å². The van der Waals surface area contributed by atoms with Crippen LogP contribution in [0.2, 0.25) is 5.82 Å². The third-order valence-electron chi connectivity index (χ3n) is 6.16. The highest BCUT2D eigenvalue weighted by Gasteiger charge is 2.55. The summed E-state index contributed by atoms with van der Waals surface area (Å²) < 4.78 is 11.1. The first-order chi connectivity index (χ1) is 14.9. The molecule has 8 N–H and O–H groups in total. The number of rotatable bonds is 8. The van der Waals surface area contributed by atoms with E-state index < -0.39 is 35.9 Å². The molecule has 1 saturated heterocycles. The Balaban J connectivity index is 1.40. The van der Waals surface area contributed by atoms with Gasteiger partial charge in [-0.1, -0.05) is 18.3 Å². The van der Waals surface area contributed by atoms with Gasteiger partial charge in [0.1, 0.15) is 23.0 Å². The number of ether oxygens (including phenoxy) is 1. The van der Waals surface area contributed by atoms with Crippen LogP contribution in [0.3, 0.4) is 0 Å². The molecule has 32 heavy (non-hydrogen) atoms. The van der Waals surface area contributed by atoms with E-state index in [0.29, 0.717) is 25.1 Å². The molecule has 13 heteroatoms. The van der Waals surface area contributed by atoms with E-state index in [9.17, 15) is 29.5 Å². The van der Waals surface area contributed by atoms with Crippen molar-refractivity contribution in [3.63, 3.8) is 0 Å². The van der Waals surface area contributed by atoms with E-state index in [0.717, 1.165) is 0 Å². The molecule has 3 aliphatic rings. The van der Waals surface area contributed by atoms with Crippen molar-refractivity contribution in [2.75, 3.05) is 26.2 Å². The number of nitrogens with one attached hydrogen (secondary N) is 1. The van der Waals surface area contributed by atoms with E-state index in [1.54, 1.807) is 12.1 Å². The zero-order valence-corrected chi connectivity index (χ0v) is 17.5. The molecular weight excluding hydrogens is 423 g/mol. The van der Waals surface area contributed by atoms with Gasteiger partial charge in [-0.3, -0.25) is 14.5 Å². The molecule has 3 atom stereocenters. The summed E-state index contributed by atoms with van der Waals surface area (Å²) in [6, 6.07) is 3.26. The Morgan fingerprint density at radius 3 is 2.66 bits per heavy atom. The van der Waals surface area contributed by atoms with Crippen LogP contribution in [0.1, 0.15) is 35.2 Å². The maximum absolute atomic E-state index is 12.1. The third kappa shape index (κ3) is 4.11. The Morgan fingerprint density at radius 1 is 1.34 bits per heavy atom. The molecule has 0 radical (unpaired) electrons. The van der Waals surface area contributed by atoms with Crippen LogP contribution in [0.15, 0.2) is 12.1 Å². The summed E-state index contributed by atoms with van der Waals surface area (Å²) in [7, 11) is 0. The van der Waals surface area contributed by atoms with E-state index in [1.807, 2.05) is 4.90 Å². The van der Waals surface area contributed by atoms with Gasteiger partial charge in [-0.05, 0) is 24.5 Å². The van der Waals surface area contributed by atoms with Gasteiger partial charge in [0.05, 0.1) is 12.3 Å². The minimum atomic E-state index is -3.11. The fourth-order valence-corrected chi connectivity index (χ4v) is 4.42. The van der Waals surface area contributed by atoms with Crippen molar-refractivity contribution in [2.24, 2.45) is 11.5 Å². The quantitative estimate of drug-likeness (QED) is 0.240. The summed E-state index contributed by atoms with van der Waals surface area (Å²) in [5.74, 6) is -3.02. The molecule has 2 heterocycles. The van der Waals surface area contributed by atoms with Gasteiger partial charge < -0.3 is 41.3 Å². The van der Waals surface area contributed by atoms with Crippen LogP contribution < -0.4 is 26.2 Å². The van der Waals surface area contributed by atoms with Gasteiger partial charge in [0, 0.05) is 19.6 Å². The number of primary amides is 1. The molecule has 1 aromatic rings. The normalized spacial score (nSPS) is 25.2. The van der Waals surface area contributed by atoms with Gasteiger partial charge in [0.2, 0.25) is 11.8 Å². The summed E-state index contributed by atoms with van der Waals surface area (Å²) >= 11 is 0. The molecule has 2 aliphatic heterocycles. The molecule has 4 rings (SSSR count). The zero-order chi connectivity index (χ0) is 23.4. The number of nitrogens with zero attached hydrogens (tertiary/aromatic N) is 1. The Morgan fingerprint density at radius 2 is 2.03 bits per heavy atom. The molecule has 12 nitrogen and oxygen atoms in total. The van der Waals surface area contributed by atoms with Crippen LogP contribution in [0.25, 0.3) is 0 Å². The standard InChI is InChI=1S/C19H26BN4O8/c1-19(22,18(28)23-5-14(21)25)8-24-6-9(7-24)31-13-3-2-10-11-4-12(11)20(29,30)32-16(10)15(13)17(26)27/h2-3,9,11-12,29-30H,4-8,22H2,1H3,(H2,21,25)(H,23,28)(H,26,27)/q-1/t11?,12-,19?/m1/s1. The van der Waals surface area contributed by atoms with Gasteiger partial charge in [-0.15, -0.1) is 0 Å². The van der Waals surface area contributed by atoms with Crippen molar-refractivity contribution in [3.8, 4) is 11.5 Å². The Bertz CT molecular complexity index is 978. The van der Waals surface area contributed by atoms with E-state index in [-0.39, 0.29) is 42.2 Å². The minimum Gasteiger partial charge on any atom is -0.669 e. The summed E-state index contributed by atoms with van der Waals surface area (Å²) in [6.07, 6.45) is 0.174. The number of carboxylic acid groups (broad SMARTS) is 1. The Labute approximate surface area is 183 Å². The van der Waals surface area contributed by atoms with Crippen LogP contribution in [0, 0.1) is 0 Å². The molecule has 2 fully saturated rings. The SMILES string of the molecule is CC(N)(CN1CC(Oc2ccc3c(c2C(=O)O)O[B-](O)(O)[C@@H]2CC32)C1)C(=O)NCC(N)=O. The van der Waals surface area contributed by atoms with Crippen molar-refractivity contribution in [1.82, 2.24) is 10.2 Å². The summed E-state index contributed by atoms with van der Waals surface area (Å²) in [6.45, 7) is -0.903. The summed E-state index contributed by atoms with van der Waals surface area (Å²) in [4.78, 5) is 36.7. The number of likely N-dealkylation sites (tertiary alicyclic amines) is 1. The number of carbonyl (C=O) groups excluding carboxylic acids is 2. The molecule has 2 amide bonds. The maximum Gasteiger partial charge on any atom is 0.434 e. The highest BCUT2D eigenvalue weighted by molar-refractivity contribution is 6.62. The van der Waals surface area contributed by atoms with Gasteiger partial charge in [-0.2, -0.15) is 0 Å². The topological polar surface area (TPSA) is 198 Å². The van der Waals surface area contributed by atoms with Crippen molar-refractivity contribution in [3.05, 3.63) is 23.3 Å². The molecule has 174 valence electrons. The average molecular weight is 449 g/mol. The van der Waals surface area contributed by atoms with Crippen LogP contribution >= 0.6 is 0 Å². The van der Waals surface area contributed by atoms with Crippen LogP contribution in [0.5, 0.6) is 11.5 Å². The predicted molar refractivity (Wildman–Crippen MR) is 111 cm³/mol. The lowest BCUT2D eigenvalue weighted by atomic mass is 9.68. The Kier molecular flexibility index (Phi) is 5.32. The molecule has 1 aliphatic carbocycles. The number of nitrogens with two attached hydrogens (primary N) is 2. The van der Waals surface area contributed by atoms with E-state index in [4.69, 9.17) is 20.9 Å². The van der Waals surface area contributed by atoms with Crippen LogP contribution in [-0.4, -0.2) is 82.4 Å². The second kappa shape index (κ2) is 7.62. The number of carbonyl (C=O) groups is 3. The van der Waals surface area contributed by atoms with Gasteiger partial charge >= 0.3 is 12.7 Å². The fourth-order valence-electron chi connectivity index (χ4n) is 4.42. The molecule has 1 aromatic carbocycles. The number of fused-ring (bicyclic) bond motifs is 3. The predicted octanol–water partition coefficient (Wildman–Crippen LogP) is -2.06. The lowest BCUT2D eigenvalue weighted by Gasteiger charge is -2.43. The largest absolute Gasteiger partial charge is 0.669 e. The van der Waals surface area contributed by atoms with E-state index in [2.05, 4.69) is 5.32 Å². The van der Waals surface area contributed by atoms with Gasteiger partial charge in [0.25, 0.3) is 0 Å². The lowest BCUT2D eigenvalue weighted by molar-refractivity contribution is -0.129. The van der Waals surface area contributed by atoms with Crippen LogP contribution in [-0.2, 0) is 9.59 Å². The molecule has 2 unspecified atom stereocenters. The monoisotopic (exact) mass is 449 g/mol. The van der Waals surface area contributed by atoms with Crippen molar-refractivity contribution in [2.45, 2.75) is 36.7 Å². The average Bonchev–Trinajstić information content (AvgIpc) is 3.45. The summed E-state index contributed by atoms with van der Waals surface area (Å²) in [5, 5.41) is 32.3. The number of benzene rings is 1. The zero-order valence-electron chi connectivity index (χ0n) is 17.5. The second-order valence-electron chi connectivity index (χ2n) is 9.05. The van der Waals surface area contributed by atoms with Gasteiger partial charge in [0.15, 0.2) is 0 Å². The van der Waals surface area contributed by atoms with E-state index in [1.165, 1.54) is 6.92 Å². The first-order valence-electron chi connectivity index (χ1n) is 10.3. The van der Waals surface area contributed by atoms with Gasteiger partial charge in [-0.25, -0.2) is 4.79 Å². The molecule has 0 aromatic heterocycles. The fraction of sp³-hybridized carbons (Fsp3) is 0.526. The number of aromatic carboxylic acids is 1. The molecule has 0 bridgehead atoms.